The lowest BCUT2D eigenvalue weighted by Gasteiger charge is -2.14. The molecule has 0 aromatic carbocycles. The van der Waals surface area contributed by atoms with Crippen molar-refractivity contribution in [1.29, 1.82) is 0 Å². The van der Waals surface area contributed by atoms with Crippen molar-refractivity contribution in [3.8, 4) is 11.5 Å². The standard InChI is InChI=1S/C14H17N3O4/c1-9-5-6-12(21-9)10-8-11(16-15-10)14(20)17(2)7-3-4-13(18)19/h5-6,8H,3-4,7H2,1-2H3,(H,15,16)(H,18,19). The molecule has 0 saturated carbocycles. The molecule has 0 aliphatic carbocycles. The zero-order chi connectivity index (χ0) is 15.4. The highest BCUT2D eigenvalue weighted by atomic mass is 16.4. The second kappa shape index (κ2) is 6.25. The van der Waals surface area contributed by atoms with Crippen molar-refractivity contribution in [2.75, 3.05) is 13.6 Å². The van der Waals surface area contributed by atoms with Crippen molar-refractivity contribution in [1.82, 2.24) is 15.1 Å². The number of carboxylic acid groups (broad SMARTS) is 1. The number of aryl methyl sites for hydroxylation is 1. The van der Waals surface area contributed by atoms with E-state index in [9.17, 15) is 9.59 Å². The second-order valence-corrected chi connectivity index (χ2v) is 4.80. The maximum Gasteiger partial charge on any atom is 0.303 e. The molecule has 0 atom stereocenters. The van der Waals surface area contributed by atoms with Crippen LogP contribution in [0.15, 0.2) is 22.6 Å². The molecule has 0 unspecified atom stereocenters. The van der Waals surface area contributed by atoms with E-state index in [0.29, 0.717) is 24.4 Å². The molecule has 0 radical (unpaired) electrons. The van der Waals surface area contributed by atoms with Gasteiger partial charge in [-0.25, -0.2) is 0 Å². The van der Waals surface area contributed by atoms with Crippen molar-refractivity contribution < 1.29 is 19.1 Å². The van der Waals surface area contributed by atoms with Crippen LogP contribution in [-0.4, -0.2) is 45.7 Å². The lowest BCUT2D eigenvalue weighted by Crippen LogP contribution is -2.28. The van der Waals surface area contributed by atoms with E-state index in [1.807, 2.05) is 13.0 Å². The zero-order valence-corrected chi connectivity index (χ0v) is 11.9. The first-order chi connectivity index (χ1) is 9.97. The molecule has 7 heteroatoms. The first kappa shape index (κ1) is 14.8. The molecule has 0 bridgehead atoms. The summed E-state index contributed by atoms with van der Waals surface area (Å²) in [4.78, 5) is 24.0. The summed E-state index contributed by atoms with van der Waals surface area (Å²) in [6.45, 7) is 2.20. The first-order valence-corrected chi connectivity index (χ1v) is 6.57. The third kappa shape index (κ3) is 3.71. The van der Waals surface area contributed by atoms with E-state index in [1.165, 1.54) is 4.90 Å². The van der Waals surface area contributed by atoms with E-state index >= 15 is 0 Å². The van der Waals surface area contributed by atoms with E-state index in [1.54, 1.807) is 19.2 Å². The molecule has 1 amide bonds. The predicted octanol–water partition coefficient (Wildman–Crippen LogP) is 1.91. The number of aromatic nitrogens is 2. The Kier molecular flexibility index (Phi) is 4.42. The van der Waals surface area contributed by atoms with Gasteiger partial charge in [-0.3, -0.25) is 14.7 Å². The van der Waals surface area contributed by atoms with E-state index in [-0.39, 0.29) is 18.0 Å². The van der Waals surface area contributed by atoms with Crippen molar-refractivity contribution in [2.24, 2.45) is 0 Å². The van der Waals surface area contributed by atoms with Crippen molar-refractivity contribution in [2.45, 2.75) is 19.8 Å². The number of hydrogen-bond acceptors (Lipinski definition) is 4. The molecule has 2 N–H and O–H groups in total. The molecule has 0 spiro atoms. The fourth-order valence-corrected chi connectivity index (χ4v) is 1.90. The van der Waals surface area contributed by atoms with Crippen LogP contribution in [0.1, 0.15) is 29.1 Å². The van der Waals surface area contributed by atoms with Crippen LogP contribution in [0.5, 0.6) is 0 Å². The number of nitrogens with zero attached hydrogens (tertiary/aromatic N) is 2. The number of carboxylic acids is 1. The summed E-state index contributed by atoms with van der Waals surface area (Å²) in [7, 11) is 1.62. The van der Waals surface area contributed by atoms with Gasteiger partial charge in [0.15, 0.2) is 11.5 Å². The molecule has 0 aliphatic rings. The van der Waals surface area contributed by atoms with Gasteiger partial charge in [0, 0.05) is 26.1 Å². The van der Waals surface area contributed by atoms with Gasteiger partial charge in [0.1, 0.15) is 11.5 Å². The number of aromatic amines is 1. The summed E-state index contributed by atoms with van der Waals surface area (Å²) in [5.41, 5.74) is 0.905. The summed E-state index contributed by atoms with van der Waals surface area (Å²) < 4.78 is 5.45. The van der Waals surface area contributed by atoms with Gasteiger partial charge in [0.05, 0.1) is 0 Å². The summed E-state index contributed by atoms with van der Waals surface area (Å²) in [6.07, 6.45) is 0.446. The van der Waals surface area contributed by atoms with Crippen molar-refractivity contribution >= 4 is 11.9 Å². The van der Waals surface area contributed by atoms with Gasteiger partial charge in [0.2, 0.25) is 0 Å². The molecule has 0 fully saturated rings. The Balaban J connectivity index is 2.00. The quantitative estimate of drug-likeness (QED) is 0.847. The SMILES string of the molecule is Cc1ccc(-c2cc(C(=O)N(C)CCCC(=O)O)n[nH]2)o1. The minimum Gasteiger partial charge on any atom is -0.481 e. The molecule has 7 nitrogen and oxygen atoms in total. The maximum absolute atomic E-state index is 12.1. The van der Waals surface area contributed by atoms with Gasteiger partial charge < -0.3 is 14.4 Å². The normalized spacial score (nSPS) is 10.6. The van der Waals surface area contributed by atoms with Gasteiger partial charge >= 0.3 is 5.97 Å². The van der Waals surface area contributed by atoms with Crippen LogP contribution < -0.4 is 0 Å². The Bertz CT molecular complexity index is 644. The number of hydrogen-bond donors (Lipinski definition) is 2. The Morgan fingerprint density at radius 1 is 1.43 bits per heavy atom. The third-order valence-electron chi connectivity index (χ3n) is 3.03. The summed E-state index contributed by atoms with van der Waals surface area (Å²) >= 11 is 0. The largest absolute Gasteiger partial charge is 0.481 e. The van der Waals surface area contributed by atoms with Crippen LogP contribution in [0.2, 0.25) is 0 Å². The van der Waals surface area contributed by atoms with Gasteiger partial charge in [-0.1, -0.05) is 0 Å². The fourth-order valence-electron chi connectivity index (χ4n) is 1.90. The smallest absolute Gasteiger partial charge is 0.303 e. The Morgan fingerprint density at radius 3 is 2.81 bits per heavy atom. The average Bonchev–Trinajstić information content (AvgIpc) is 3.05. The molecule has 0 aliphatic heterocycles. The number of carbonyl (C=O) groups excluding carboxylic acids is 1. The summed E-state index contributed by atoms with van der Waals surface area (Å²) in [5.74, 6) is 0.267. The van der Waals surface area contributed by atoms with Gasteiger partial charge in [0.25, 0.3) is 5.91 Å². The van der Waals surface area contributed by atoms with Crippen LogP contribution in [0.3, 0.4) is 0 Å². The number of nitrogens with one attached hydrogen (secondary N) is 1. The average molecular weight is 291 g/mol. The number of H-pyrrole nitrogens is 1. The maximum atomic E-state index is 12.1. The molecule has 2 aromatic heterocycles. The molecule has 112 valence electrons. The minimum absolute atomic E-state index is 0.0368. The molecule has 2 rings (SSSR count). The molecule has 2 aromatic rings. The molecule has 21 heavy (non-hydrogen) atoms. The Labute approximate surface area is 121 Å². The van der Waals surface area contributed by atoms with E-state index in [2.05, 4.69) is 10.2 Å². The topological polar surface area (TPSA) is 99.4 Å². The first-order valence-electron chi connectivity index (χ1n) is 6.57. The zero-order valence-electron chi connectivity index (χ0n) is 11.9. The van der Waals surface area contributed by atoms with Crippen molar-refractivity contribution in [3.63, 3.8) is 0 Å². The number of aliphatic carboxylic acids is 1. The third-order valence-corrected chi connectivity index (χ3v) is 3.03. The second-order valence-electron chi connectivity index (χ2n) is 4.80. The van der Waals surface area contributed by atoms with Gasteiger partial charge in [-0.15, -0.1) is 0 Å². The molecular formula is C14H17N3O4. The fraction of sp³-hybridized carbons (Fsp3) is 0.357. The van der Waals surface area contributed by atoms with Crippen LogP contribution in [0.25, 0.3) is 11.5 Å². The van der Waals surface area contributed by atoms with Crippen molar-refractivity contribution in [3.05, 3.63) is 29.7 Å². The van der Waals surface area contributed by atoms with E-state index < -0.39 is 5.97 Å². The van der Waals surface area contributed by atoms with Crippen LogP contribution in [0.4, 0.5) is 0 Å². The Hall–Kier alpha value is -2.57. The number of furan rings is 1. The minimum atomic E-state index is -0.869. The number of carbonyl (C=O) groups is 2. The lowest BCUT2D eigenvalue weighted by molar-refractivity contribution is -0.137. The molecule has 0 saturated heterocycles. The highest BCUT2D eigenvalue weighted by Crippen LogP contribution is 2.20. The Morgan fingerprint density at radius 2 is 2.19 bits per heavy atom. The monoisotopic (exact) mass is 291 g/mol. The highest BCUT2D eigenvalue weighted by molar-refractivity contribution is 5.93. The van der Waals surface area contributed by atoms with Crippen LogP contribution in [-0.2, 0) is 4.79 Å². The lowest BCUT2D eigenvalue weighted by atomic mass is 10.2. The van der Waals surface area contributed by atoms with E-state index in [0.717, 1.165) is 5.76 Å². The number of rotatable bonds is 6. The van der Waals surface area contributed by atoms with Crippen LogP contribution >= 0.6 is 0 Å². The highest BCUT2D eigenvalue weighted by Gasteiger charge is 2.17. The number of amides is 1. The van der Waals surface area contributed by atoms with Gasteiger partial charge in [-0.05, 0) is 25.5 Å². The van der Waals surface area contributed by atoms with E-state index in [4.69, 9.17) is 9.52 Å². The molecular weight excluding hydrogens is 274 g/mol. The molecule has 2 heterocycles. The summed E-state index contributed by atoms with van der Waals surface area (Å²) in [6, 6.07) is 5.25. The predicted molar refractivity (Wildman–Crippen MR) is 74.9 cm³/mol. The van der Waals surface area contributed by atoms with Crippen LogP contribution in [0, 0.1) is 6.92 Å². The summed E-state index contributed by atoms with van der Waals surface area (Å²) in [5, 5.41) is 15.3. The van der Waals surface area contributed by atoms with Gasteiger partial charge in [-0.2, -0.15) is 5.10 Å².